The van der Waals surface area contributed by atoms with Crippen LogP contribution in [0, 0.1) is 11.8 Å². The molecule has 2 heterocycles. The first kappa shape index (κ1) is 30.1. The van der Waals surface area contributed by atoms with Gasteiger partial charge in [-0.3, -0.25) is 0 Å². The Balaban J connectivity index is 1.70. The van der Waals surface area contributed by atoms with Crippen LogP contribution in [0.5, 0.6) is 0 Å². The summed E-state index contributed by atoms with van der Waals surface area (Å²) in [5.74, 6) is 1.37. The molecule has 2 aliphatic heterocycles. The molecule has 0 aromatic heterocycles. The third-order valence-electron chi connectivity index (χ3n) is 9.18. The van der Waals surface area contributed by atoms with Crippen molar-refractivity contribution in [1.29, 1.82) is 0 Å². The molecular weight excluding hydrogens is 488 g/mol. The van der Waals surface area contributed by atoms with Gasteiger partial charge in [0.2, 0.25) is 0 Å². The highest BCUT2D eigenvalue weighted by Gasteiger charge is 2.47. The number of benzene rings is 2. The zero-order valence-electron chi connectivity index (χ0n) is 26.5. The zero-order valence-corrected chi connectivity index (χ0v) is 26.5. The molecule has 0 aliphatic carbocycles. The van der Waals surface area contributed by atoms with Crippen LogP contribution in [0.25, 0.3) is 0 Å². The summed E-state index contributed by atoms with van der Waals surface area (Å²) in [6.45, 7) is 23.2. The summed E-state index contributed by atoms with van der Waals surface area (Å²) in [6, 6.07) is 22.0. The van der Waals surface area contributed by atoms with Gasteiger partial charge in [-0.25, -0.2) is 0 Å². The zero-order chi connectivity index (χ0) is 28.8. The van der Waals surface area contributed by atoms with Gasteiger partial charge in [0.25, 0.3) is 0 Å². The number of rotatable bonds is 13. The number of hydrogen-bond acceptors (Lipinski definition) is 4. The maximum atomic E-state index is 2.76. The van der Waals surface area contributed by atoms with E-state index in [9.17, 15) is 0 Å². The van der Waals surface area contributed by atoms with Crippen LogP contribution >= 0.6 is 0 Å². The fourth-order valence-corrected chi connectivity index (χ4v) is 6.39. The summed E-state index contributed by atoms with van der Waals surface area (Å²) in [5, 5.41) is 0. The van der Waals surface area contributed by atoms with E-state index in [1.54, 1.807) is 0 Å². The average molecular weight is 543 g/mol. The summed E-state index contributed by atoms with van der Waals surface area (Å²) < 4.78 is 0. The van der Waals surface area contributed by atoms with Gasteiger partial charge in [0.1, 0.15) is 12.3 Å². The first-order valence-corrected chi connectivity index (χ1v) is 15.7. The summed E-state index contributed by atoms with van der Waals surface area (Å²) in [7, 11) is 0. The van der Waals surface area contributed by atoms with Crippen LogP contribution < -0.4 is 0 Å². The highest BCUT2D eigenvalue weighted by molar-refractivity contribution is 5.26. The van der Waals surface area contributed by atoms with Crippen LogP contribution in [0.2, 0.25) is 0 Å². The van der Waals surface area contributed by atoms with Gasteiger partial charge in [-0.1, -0.05) is 88.4 Å². The molecule has 2 aliphatic rings. The van der Waals surface area contributed by atoms with E-state index in [0.29, 0.717) is 11.8 Å². The Morgan fingerprint density at radius 3 is 1.07 bits per heavy atom. The maximum Gasteiger partial charge on any atom is 0.141 e. The van der Waals surface area contributed by atoms with E-state index in [4.69, 9.17) is 0 Å². The molecule has 0 saturated carbocycles. The second-order valence-corrected chi connectivity index (χ2v) is 12.8. The fourth-order valence-electron chi connectivity index (χ4n) is 6.39. The lowest BCUT2D eigenvalue weighted by Gasteiger charge is -2.46. The van der Waals surface area contributed by atoms with Crippen LogP contribution in [-0.2, 0) is 12.8 Å². The van der Waals surface area contributed by atoms with Crippen molar-refractivity contribution in [3.05, 3.63) is 94.6 Å². The van der Waals surface area contributed by atoms with Crippen LogP contribution in [0.4, 0.5) is 0 Å². The van der Waals surface area contributed by atoms with E-state index in [1.807, 2.05) is 0 Å². The Morgan fingerprint density at radius 2 is 0.775 bits per heavy atom. The predicted molar refractivity (Wildman–Crippen MR) is 170 cm³/mol. The molecule has 0 amide bonds. The Labute approximate surface area is 245 Å². The van der Waals surface area contributed by atoms with Gasteiger partial charge in [0, 0.05) is 49.0 Å². The third-order valence-corrected chi connectivity index (χ3v) is 9.18. The summed E-state index contributed by atoms with van der Waals surface area (Å²) >= 11 is 0. The van der Waals surface area contributed by atoms with E-state index in [-0.39, 0.29) is 12.3 Å². The van der Waals surface area contributed by atoms with Crippen molar-refractivity contribution < 1.29 is 0 Å². The van der Waals surface area contributed by atoms with Crippen molar-refractivity contribution in [3.8, 4) is 0 Å². The average Bonchev–Trinajstić information content (AvgIpc) is 3.32. The molecule has 0 fully saturated rings. The van der Waals surface area contributed by atoms with E-state index >= 15 is 0 Å². The van der Waals surface area contributed by atoms with E-state index in [1.165, 1.54) is 46.8 Å². The molecule has 4 heteroatoms. The number of allylic oxidation sites excluding steroid dienone is 4. The second kappa shape index (κ2) is 13.7. The van der Waals surface area contributed by atoms with Gasteiger partial charge in [-0.05, 0) is 76.3 Å². The molecule has 218 valence electrons. The summed E-state index contributed by atoms with van der Waals surface area (Å²) in [4.78, 5) is 11.0. The first-order valence-electron chi connectivity index (χ1n) is 15.7. The molecule has 4 nitrogen and oxygen atoms in total. The third kappa shape index (κ3) is 6.87. The molecule has 4 rings (SSSR count). The van der Waals surface area contributed by atoms with Gasteiger partial charge in [-0.2, -0.15) is 0 Å². The summed E-state index contributed by atoms with van der Waals surface area (Å²) in [6.07, 6.45) is 5.13. The summed E-state index contributed by atoms with van der Waals surface area (Å²) in [5.41, 5.74) is 8.63. The standard InChI is InChI=1S/C36H54N4/c1-27(2)19-23-37-29(5)31(7)39(25-21-33-15-11-9-12-16-33)35(37)36-38(24-20-28(3)4)30(6)32(8)40(36)26-22-34-17-13-10-14-18-34/h9-18,27-28,35-36H,19-26H2,1-8H3. The van der Waals surface area contributed by atoms with Crippen LogP contribution in [-0.4, -0.2) is 58.1 Å². The van der Waals surface area contributed by atoms with Crippen molar-refractivity contribution in [3.63, 3.8) is 0 Å². The first-order chi connectivity index (χ1) is 19.2. The minimum Gasteiger partial charge on any atom is -0.350 e. The van der Waals surface area contributed by atoms with Crippen molar-refractivity contribution in [2.24, 2.45) is 11.8 Å². The topological polar surface area (TPSA) is 13.0 Å². The lowest BCUT2D eigenvalue weighted by molar-refractivity contribution is -0.00931. The molecule has 2 aromatic carbocycles. The van der Waals surface area contributed by atoms with Crippen molar-refractivity contribution >= 4 is 0 Å². The smallest absolute Gasteiger partial charge is 0.141 e. The monoisotopic (exact) mass is 542 g/mol. The van der Waals surface area contributed by atoms with Crippen LogP contribution in [0.15, 0.2) is 83.5 Å². The molecule has 2 unspecified atom stereocenters. The lowest BCUT2D eigenvalue weighted by Crippen LogP contribution is -2.60. The molecule has 2 atom stereocenters. The molecule has 0 radical (unpaired) electrons. The van der Waals surface area contributed by atoms with Gasteiger partial charge in [0.05, 0.1) is 0 Å². The maximum absolute atomic E-state index is 2.76. The SMILES string of the molecule is CC1=C(C)N(CCC(C)C)C(C2N(CCc3ccccc3)C(C)=C(C)N2CCC(C)C)N1CCc1ccccc1. The van der Waals surface area contributed by atoms with Gasteiger partial charge >= 0.3 is 0 Å². The number of nitrogens with zero attached hydrogens (tertiary/aromatic N) is 4. The molecule has 0 saturated heterocycles. The lowest BCUT2D eigenvalue weighted by atomic mass is 10.1. The van der Waals surface area contributed by atoms with Crippen molar-refractivity contribution in [2.75, 3.05) is 26.2 Å². The Bertz CT molecular complexity index is 1040. The molecule has 40 heavy (non-hydrogen) atoms. The van der Waals surface area contributed by atoms with E-state index < -0.39 is 0 Å². The van der Waals surface area contributed by atoms with Crippen LogP contribution in [0.3, 0.4) is 0 Å². The van der Waals surface area contributed by atoms with Gasteiger partial charge < -0.3 is 19.6 Å². The van der Waals surface area contributed by atoms with Crippen molar-refractivity contribution in [2.45, 2.75) is 93.4 Å². The largest absolute Gasteiger partial charge is 0.350 e. The minimum absolute atomic E-state index is 0.290. The van der Waals surface area contributed by atoms with Crippen LogP contribution in [0.1, 0.15) is 79.4 Å². The molecule has 0 bridgehead atoms. The quantitative estimate of drug-likeness (QED) is 0.255. The van der Waals surface area contributed by atoms with E-state index in [0.717, 1.165) is 39.0 Å². The Hall–Kier alpha value is -2.88. The normalized spacial score (nSPS) is 19.9. The number of hydrogen-bond donors (Lipinski definition) is 0. The Kier molecular flexibility index (Phi) is 10.3. The fraction of sp³-hybridized carbons (Fsp3) is 0.556. The van der Waals surface area contributed by atoms with Gasteiger partial charge in [-0.15, -0.1) is 0 Å². The molecule has 2 aromatic rings. The van der Waals surface area contributed by atoms with Crippen molar-refractivity contribution in [1.82, 2.24) is 19.6 Å². The Morgan fingerprint density at radius 1 is 0.475 bits per heavy atom. The van der Waals surface area contributed by atoms with E-state index in [2.05, 4.69) is 136 Å². The second-order valence-electron chi connectivity index (χ2n) is 12.8. The molecule has 0 spiro atoms. The molecule has 0 N–H and O–H groups in total. The molecular formula is C36H54N4. The minimum atomic E-state index is 0.290. The highest BCUT2D eigenvalue weighted by Crippen LogP contribution is 2.40. The van der Waals surface area contributed by atoms with Gasteiger partial charge in [0.15, 0.2) is 0 Å². The highest BCUT2D eigenvalue weighted by atomic mass is 15.5. The predicted octanol–water partition coefficient (Wildman–Crippen LogP) is 7.95.